The number of hydrogen-bond acceptors (Lipinski definition) is 4. The zero-order valence-electron chi connectivity index (χ0n) is 11.2. The van der Waals surface area contributed by atoms with Gasteiger partial charge in [0.2, 0.25) is 0 Å². The van der Waals surface area contributed by atoms with Crippen molar-refractivity contribution in [2.45, 2.75) is 6.61 Å². The van der Waals surface area contributed by atoms with Crippen molar-refractivity contribution in [3.8, 4) is 11.5 Å². The molecule has 0 amide bonds. The summed E-state index contributed by atoms with van der Waals surface area (Å²) in [4.78, 5) is 0. The van der Waals surface area contributed by atoms with Crippen LogP contribution < -0.4 is 9.47 Å². The second-order valence-electron chi connectivity index (χ2n) is 4.16. The first-order chi connectivity index (χ1) is 10.2. The Morgan fingerprint density at radius 3 is 2.62 bits per heavy atom. The molecule has 0 radical (unpaired) electrons. The number of halogens is 2. The molecule has 21 heavy (non-hydrogen) atoms. The molecule has 0 bridgehead atoms. The summed E-state index contributed by atoms with van der Waals surface area (Å²) in [6.45, 7) is 0.267. The maximum atomic E-state index is 8.57. The summed E-state index contributed by atoms with van der Waals surface area (Å²) >= 11 is 12.3. The van der Waals surface area contributed by atoms with Gasteiger partial charge in [-0.1, -0.05) is 46.6 Å². The molecule has 0 heterocycles. The lowest BCUT2D eigenvalue weighted by atomic mass is 10.2. The third-order valence-corrected chi connectivity index (χ3v) is 3.44. The SMILES string of the molecule is COc1cc(/C=N\O)cc(Cl)c1OCc1ccccc1Cl. The molecule has 0 spiro atoms. The van der Waals surface area contributed by atoms with Gasteiger partial charge >= 0.3 is 0 Å². The molecule has 4 nitrogen and oxygen atoms in total. The molecule has 0 aromatic heterocycles. The van der Waals surface area contributed by atoms with Crippen LogP contribution in [0.25, 0.3) is 0 Å². The monoisotopic (exact) mass is 325 g/mol. The number of nitrogens with zero attached hydrogens (tertiary/aromatic N) is 1. The molecule has 6 heteroatoms. The minimum atomic E-state index is 0.267. The van der Waals surface area contributed by atoms with Gasteiger partial charge in [-0.25, -0.2) is 0 Å². The summed E-state index contributed by atoms with van der Waals surface area (Å²) in [6.07, 6.45) is 1.26. The van der Waals surface area contributed by atoms with Gasteiger partial charge in [0.05, 0.1) is 18.3 Å². The second-order valence-corrected chi connectivity index (χ2v) is 4.97. The van der Waals surface area contributed by atoms with Crippen molar-refractivity contribution >= 4 is 29.4 Å². The van der Waals surface area contributed by atoms with Gasteiger partial charge in [-0.05, 0) is 18.2 Å². The Kier molecular flexibility index (Phi) is 5.31. The van der Waals surface area contributed by atoms with Crippen LogP contribution in [-0.4, -0.2) is 18.5 Å². The summed E-state index contributed by atoms with van der Waals surface area (Å²) in [5, 5.41) is 12.5. The molecule has 110 valence electrons. The highest BCUT2D eigenvalue weighted by molar-refractivity contribution is 6.32. The third kappa shape index (κ3) is 3.80. The minimum absolute atomic E-state index is 0.267. The molecule has 2 aromatic rings. The van der Waals surface area contributed by atoms with Crippen LogP contribution in [0.15, 0.2) is 41.6 Å². The van der Waals surface area contributed by atoms with Crippen LogP contribution in [0, 0.1) is 0 Å². The molecule has 0 saturated carbocycles. The van der Waals surface area contributed by atoms with E-state index >= 15 is 0 Å². The Labute approximate surface area is 132 Å². The van der Waals surface area contributed by atoms with Gasteiger partial charge in [0.15, 0.2) is 11.5 Å². The first-order valence-electron chi connectivity index (χ1n) is 6.07. The summed E-state index contributed by atoms with van der Waals surface area (Å²) in [5.41, 5.74) is 1.45. The van der Waals surface area contributed by atoms with Crippen molar-refractivity contribution in [1.29, 1.82) is 0 Å². The van der Waals surface area contributed by atoms with Gasteiger partial charge in [-0.15, -0.1) is 0 Å². The molecular weight excluding hydrogens is 313 g/mol. The van der Waals surface area contributed by atoms with Crippen molar-refractivity contribution in [2.75, 3.05) is 7.11 Å². The van der Waals surface area contributed by atoms with Crippen LogP contribution in [0.4, 0.5) is 0 Å². The fraction of sp³-hybridized carbons (Fsp3) is 0.133. The van der Waals surface area contributed by atoms with Crippen LogP contribution in [0.3, 0.4) is 0 Å². The highest BCUT2D eigenvalue weighted by Crippen LogP contribution is 2.36. The number of benzene rings is 2. The lowest BCUT2D eigenvalue weighted by molar-refractivity contribution is 0.284. The van der Waals surface area contributed by atoms with E-state index in [1.807, 2.05) is 18.2 Å². The van der Waals surface area contributed by atoms with Crippen LogP contribution in [-0.2, 0) is 6.61 Å². The van der Waals surface area contributed by atoms with Gasteiger partial charge in [0.1, 0.15) is 6.61 Å². The molecular formula is C15H13Cl2NO3. The average molecular weight is 326 g/mol. The maximum Gasteiger partial charge on any atom is 0.180 e. The molecule has 0 unspecified atom stereocenters. The molecule has 1 N–H and O–H groups in total. The molecule has 0 atom stereocenters. The Balaban J connectivity index is 2.25. The van der Waals surface area contributed by atoms with Gasteiger partial charge in [-0.3, -0.25) is 0 Å². The largest absolute Gasteiger partial charge is 0.493 e. The number of rotatable bonds is 5. The fourth-order valence-electron chi connectivity index (χ4n) is 1.79. The zero-order valence-corrected chi connectivity index (χ0v) is 12.7. The molecule has 2 aromatic carbocycles. The van der Waals surface area contributed by atoms with Gasteiger partial charge in [-0.2, -0.15) is 0 Å². The van der Waals surface area contributed by atoms with Crippen LogP contribution in [0.5, 0.6) is 11.5 Å². The van der Waals surface area contributed by atoms with E-state index in [2.05, 4.69) is 5.16 Å². The highest BCUT2D eigenvalue weighted by Gasteiger charge is 2.12. The van der Waals surface area contributed by atoms with Crippen molar-refractivity contribution in [3.63, 3.8) is 0 Å². The van der Waals surface area contributed by atoms with Crippen LogP contribution in [0.1, 0.15) is 11.1 Å². The van der Waals surface area contributed by atoms with E-state index < -0.39 is 0 Å². The Hall–Kier alpha value is -1.91. The van der Waals surface area contributed by atoms with Crippen molar-refractivity contribution in [2.24, 2.45) is 5.16 Å². The fourth-order valence-corrected chi connectivity index (χ4v) is 2.25. The van der Waals surface area contributed by atoms with Gasteiger partial charge in [0, 0.05) is 16.1 Å². The smallest absolute Gasteiger partial charge is 0.180 e. The Morgan fingerprint density at radius 1 is 1.19 bits per heavy atom. The maximum absolute atomic E-state index is 8.57. The van der Waals surface area contributed by atoms with Gasteiger partial charge < -0.3 is 14.7 Å². The van der Waals surface area contributed by atoms with E-state index in [-0.39, 0.29) is 6.61 Å². The summed E-state index contributed by atoms with van der Waals surface area (Å²) in [6, 6.07) is 10.7. The van der Waals surface area contributed by atoms with Crippen LogP contribution >= 0.6 is 23.2 Å². The topological polar surface area (TPSA) is 51.0 Å². The van der Waals surface area contributed by atoms with Crippen molar-refractivity contribution < 1.29 is 14.7 Å². The first-order valence-corrected chi connectivity index (χ1v) is 6.82. The standard InChI is InChI=1S/C15H13Cl2NO3/c1-20-14-7-10(8-18-19)6-13(17)15(14)21-9-11-4-2-3-5-12(11)16/h2-8,19H,9H2,1H3/b18-8-. The third-order valence-electron chi connectivity index (χ3n) is 2.79. The lowest BCUT2D eigenvalue weighted by Crippen LogP contribution is -2.00. The van der Waals surface area contributed by atoms with Gasteiger partial charge in [0.25, 0.3) is 0 Å². The predicted octanol–water partition coefficient (Wildman–Crippen LogP) is 4.39. The van der Waals surface area contributed by atoms with E-state index in [0.717, 1.165) is 5.56 Å². The molecule has 0 aliphatic carbocycles. The Morgan fingerprint density at radius 2 is 1.95 bits per heavy atom. The second kappa shape index (κ2) is 7.20. The molecule has 2 rings (SSSR count). The summed E-state index contributed by atoms with van der Waals surface area (Å²) in [5.74, 6) is 0.860. The van der Waals surface area contributed by atoms with Crippen molar-refractivity contribution in [1.82, 2.24) is 0 Å². The molecule has 0 saturated heterocycles. The number of methoxy groups -OCH3 is 1. The summed E-state index contributed by atoms with van der Waals surface area (Å²) < 4.78 is 11.0. The highest BCUT2D eigenvalue weighted by atomic mass is 35.5. The van der Waals surface area contributed by atoms with E-state index in [0.29, 0.717) is 27.1 Å². The summed E-state index contributed by atoms with van der Waals surface area (Å²) in [7, 11) is 1.51. The number of hydrogen-bond donors (Lipinski definition) is 1. The van der Waals surface area contributed by atoms with E-state index in [1.54, 1.807) is 18.2 Å². The lowest BCUT2D eigenvalue weighted by Gasteiger charge is -2.13. The predicted molar refractivity (Wildman–Crippen MR) is 83.2 cm³/mol. The first kappa shape index (κ1) is 15.5. The molecule has 0 fully saturated rings. The van der Waals surface area contributed by atoms with E-state index in [4.69, 9.17) is 37.9 Å². The van der Waals surface area contributed by atoms with Crippen LogP contribution in [0.2, 0.25) is 10.0 Å². The Bertz CT molecular complexity index is 659. The molecule has 0 aliphatic heterocycles. The number of oxime groups is 1. The quantitative estimate of drug-likeness (QED) is 0.504. The zero-order chi connectivity index (χ0) is 15.2. The van der Waals surface area contributed by atoms with E-state index in [1.165, 1.54) is 13.3 Å². The molecule has 0 aliphatic rings. The van der Waals surface area contributed by atoms with Crippen molar-refractivity contribution in [3.05, 3.63) is 57.6 Å². The average Bonchev–Trinajstić information content (AvgIpc) is 2.47. The normalized spacial score (nSPS) is 10.8. The number of ether oxygens (including phenoxy) is 2. The van der Waals surface area contributed by atoms with E-state index in [9.17, 15) is 0 Å². The minimum Gasteiger partial charge on any atom is -0.493 e.